The van der Waals surface area contributed by atoms with Crippen molar-refractivity contribution in [1.82, 2.24) is 4.72 Å². The van der Waals surface area contributed by atoms with Gasteiger partial charge in [-0.25, -0.2) is 13.1 Å². The van der Waals surface area contributed by atoms with E-state index in [1.807, 2.05) is 0 Å². The Morgan fingerprint density at radius 1 is 0.919 bits per heavy atom. The minimum absolute atomic E-state index is 0.00589. The first-order chi connectivity index (χ1) is 17.3. The smallest absolute Gasteiger partial charge is 0.240 e. The van der Waals surface area contributed by atoms with Crippen LogP contribution >= 0.6 is 0 Å². The molecule has 0 aromatic heterocycles. The molecule has 3 aromatic carbocycles. The highest BCUT2D eigenvalue weighted by molar-refractivity contribution is 7.89. The Kier molecular flexibility index (Phi) is 8.81. The number of unbranched alkanes of at least 4 members (excludes halogenated alkanes) is 1. The van der Waals surface area contributed by atoms with E-state index in [9.17, 15) is 13.5 Å². The Morgan fingerprint density at radius 3 is 2.30 bits per heavy atom. The van der Waals surface area contributed by atoms with Crippen LogP contribution in [0.1, 0.15) is 78.4 Å². The minimum atomic E-state index is -3.66. The molecule has 202 valence electrons. The third kappa shape index (κ3) is 6.57. The summed E-state index contributed by atoms with van der Waals surface area (Å²) in [6, 6.07) is 14.4. The van der Waals surface area contributed by atoms with E-state index in [-0.39, 0.29) is 27.2 Å². The second-order valence-electron chi connectivity index (χ2n) is 11.0. The molecule has 4 N–H and O–H groups in total. The van der Waals surface area contributed by atoms with Crippen molar-refractivity contribution in [1.29, 1.82) is 0 Å². The highest BCUT2D eigenvalue weighted by Crippen LogP contribution is 2.38. The lowest BCUT2D eigenvalue weighted by Crippen LogP contribution is -2.25. The molecular formula is C30H42N2O4S. The number of rotatable bonds is 12. The van der Waals surface area contributed by atoms with Crippen molar-refractivity contribution in [2.45, 2.75) is 83.0 Å². The number of fused-ring (bicyclic) bond motifs is 1. The van der Waals surface area contributed by atoms with Crippen LogP contribution in [0.25, 0.3) is 10.8 Å². The summed E-state index contributed by atoms with van der Waals surface area (Å²) >= 11 is 0. The number of phenolic OH excluding ortho intramolecular Hbond substituents is 1. The van der Waals surface area contributed by atoms with Gasteiger partial charge in [0.1, 0.15) is 11.5 Å². The largest absolute Gasteiger partial charge is 0.506 e. The number of nitrogens with one attached hydrogen (secondary N) is 1. The Bertz CT molecular complexity index is 1350. The van der Waals surface area contributed by atoms with Gasteiger partial charge in [0.2, 0.25) is 10.0 Å². The molecule has 0 saturated carbocycles. The SMILES string of the molecule is CCC(C)(C)c1ccc(OCCCCNS(=O)(=O)c2ccc3c(N)c(O)ccc3c2)c(C(C)(C)CC)c1. The molecule has 0 heterocycles. The van der Waals surface area contributed by atoms with E-state index in [0.29, 0.717) is 30.3 Å². The van der Waals surface area contributed by atoms with Gasteiger partial charge in [-0.15, -0.1) is 0 Å². The molecule has 0 amide bonds. The predicted molar refractivity (Wildman–Crippen MR) is 153 cm³/mol. The molecule has 0 aliphatic heterocycles. The first-order valence-corrected chi connectivity index (χ1v) is 14.6. The van der Waals surface area contributed by atoms with E-state index in [1.165, 1.54) is 23.3 Å². The highest BCUT2D eigenvalue weighted by Gasteiger charge is 2.26. The van der Waals surface area contributed by atoms with Crippen LogP contribution in [0.4, 0.5) is 5.69 Å². The highest BCUT2D eigenvalue weighted by atomic mass is 32.2. The molecule has 0 unspecified atom stereocenters. The van der Waals surface area contributed by atoms with Crippen LogP contribution in [0.15, 0.2) is 53.4 Å². The van der Waals surface area contributed by atoms with Gasteiger partial charge in [0.05, 0.1) is 17.2 Å². The molecule has 7 heteroatoms. The van der Waals surface area contributed by atoms with Gasteiger partial charge in [-0.05, 0) is 71.7 Å². The molecule has 6 nitrogen and oxygen atoms in total. The Balaban J connectivity index is 1.59. The molecule has 0 fully saturated rings. The average molecular weight is 527 g/mol. The van der Waals surface area contributed by atoms with Crippen LogP contribution in [-0.4, -0.2) is 26.7 Å². The number of nitrogen functional groups attached to an aromatic ring is 1. The monoisotopic (exact) mass is 526 g/mol. The van der Waals surface area contributed by atoms with Gasteiger partial charge in [0, 0.05) is 17.5 Å². The normalized spacial score (nSPS) is 12.7. The number of hydrogen-bond donors (Lipinski definition) is 3. The molecule has 3 aromatic rings. The zero-order valence-electron chi connectivity index (χ0n) is 23.0. The lowest BCUT2D eigenvalue weighted by Gasteiger charge is -2.30. The van der Waals surface area contributed by atoms with Crippen molar-refractivity contribution in [3.8, 4) is 11.5 Å². The van der Waals surface area contributed by atoms with Crippen molar-refractivity contribution in [3.05, 3.63) is 59.7 Å². The minimum Gasteiger partial charge on any atom is -0.506 e. The summed E-state index contributed by atoms with van der Waals surface area (Å²) in [5.41, 5.74) is 8.77. The molecule has 37 heavy (non-hydrogen) atoms. The van der Waals surface area contributed by atoms with Crippen LogP contribution in [0.5, 0.6) is 11.5 Å². The fourth-order valence-electron chi connectivity index (χ4n) is 4.19. The summed E-state index contributed by atoms with van der Waals surface area (Å²) in [7, 11) is -3.66. The van der Waals surface area contributed by atoms with Gasteiger partial charge in [-0.3, -0.25) is 0 Å². The van der Waals surface area contributed by atoms with Gasteiger partial charge in [-0.1, -0.05) is 65.8 Å². The maximum absolute atomic E-state index is 12.8. The number of aromatic hydroxyl groups is 1. The lowest BCUT2D eigenvalue weighted by molar-refractivity contribution is 0.296. The summed E-state index contributed by atoms with van der Waals surface area (Å²) in [6.07, 6.45) is 3.45. The van der Waals surface area contributed by atoms with Crippen molar-refractivity contribution in [2.75, 3.05) is 18.9 Å². The Hall–Kier alpha value is -2.77. The van der Waals surface area contributed by atoms with Crippen LogP contribution in [0, 0.1) is 0 Å². The predicted octanol–water partition coefficient (Wildman–Crippen LogP) is 6.64. The molecule has 0 saturated heterocycles. The summed E-state index contributed by atoms with van der Waals surface area (Å²) < 4.78 is 34.4. The van der Waals surface area contributed by atoms with E-state index < -0.39 is 10.0 Å². The van der Waals surface area contributed by atoms with E-state index in [4.69, 9.17) is 10.5 Å². The number of nitrogens with two attached hydrogens (primary N) is 1. The van der Waals surface area contributed by atoms with E-state index in [2.05, 4.69) is 64.5 Å². The number of sulfonamides is 1. The van der Waals surface area contributed by atoms with Crippen molar-refractivity contribution in [2.24, 2.45) is 0 Å². The fourth-order valence-corrected chi connectivity index (χ4v) is 5.30. The van der Waals surface area contributed by atoms with Crippen molar-refractivity contribution in [3.63, 3.8) is 0 Å². The molecule has 0 atom stereocenters. The van der Waals surface area contributed by atoms with Gasteiger partial charge >= 0.3 is 0 Å². The second kappa shape index (κ2) is 11.3. The number of phenols is 1. The summed E-state index contributed by atoms with van der Waals surface area (Å²) in [5, 5.41) is 11.0. The topological polar surface area (TPSA) is 102 Å². The number of anilines is 1. The third-order valence-electron chi connectivity index (χ3n) is 7.70. The maximum atomic E-state index is 12.8. The molecule has 0 spiro atoms. The molecule has 0 bridgehead atoms. The maximum Gasteiger partial charge on any atom is 0.240 e. The number of hydrogen-bond acceptors (Lipinski definition) is 5. The molecule has 3 rings (SSSR count). The summed E-state index contributed by atoms with van der Waals surface area (Å²) in [4.78, 5) is 0.169. The number of benzene rings is 3. The lowest BCUT2D eigenvalue weighted by atomic mass is 9.76. The Morgan fingerprint density at radius 2 is 1.62 bits per heavy atom. The first kappa shape index (κ1) is 28.8. The first-order valence-electron chi connectivity index (χ1n) is 13.1. The van der Waals surface area contributed by atoms with Crippen LogP contribution < -0.4 is 15.2 Å². The van der Waals surface area contributed by atoms with E-state index in [1.54, 1.807) is 18.2 Å². The average Bonchev–Trinajstić information content (AvgIpc) is 2.88. The quantitative estimate of drug-likeness (QED) is 0.139. The molecule has 0 aliphatic carbocycles. The van der Waals surface area contributed by atoms with Crippen LogP contribution in [0.2, 0.25) is 0 Å². The van der Waals surface area contributed by atoms with E-state index >= 15 is 0 Å². The number of ether oxygens (including phenoxy) is 1. The summed E-state index contributed by atoms with van der Waals surface area (Å²) in [6.45, 7) is 14.3. The summed E-state index contributed by atoms with van der Waals surface area (Å²) in [5.74, 6) is 0.888. The van der Waals surface area contributed by atoms with Crippen molar-refractivity contribution >= 4 is 26.5 Å². The standard InChI is InChI=1S/C30H42N2O4S/c1-7-29(3,4)22-12-16-27(25(20-22)30(5,6)8-2)36-18-10-9-17-32-37(34,35)23-13-14-24-21(19-23)11-15-26(33)28(24)31/h11-16,19-20,32-33H,7-10,17-18,31H2,1-6H3. The van der Waals surface area contributed by atoms with Crippen molar-refractivity contribution < 1.29 is 18.3 Å². The molecule has 0 radical (unpaired) electrons. The van der Waals surface area contributed by atoms with Gasteiger partial charge in [0.25, 0.3) is 0 Å². The molecular weight excluding hydrogens is 484 g/mol. The fraction of sp³-hybridized carbons (Fsp3) is 0.467. The van der Waals surface area contributed by atoms with Crippen LogP contribution in [0.3, 0.4) is 0 Å². The third-order valence-corrected chi connectivity index (χ3v) is 9.16. The van der Waals surface area contributed by atoms with Crippen LogP contribution in [-0.2, 0) is 20.9 Å². The zero-order valence-corrected chi connectivity index (χ0v) is 23.8. The zero-order chi connectivity index (χ0) is 27.4. The molecule has 0 aliphatic rings. The second-order valence-corrected chi connectivity index (χ2v) is 12.8. The van der Waals surface area contributed by atoms with Gasteiger partial charge in [0.15, 0.2) is 0 Å². The van der Waals surface area contributed by atoms with E-state index in [0.717, 1.165) is 25.0 Å². The Labute approximate surface area is 222 Å². The van der Waals surface area contributed by atoms with Gasteiger partial charge < -0.3 is 15.6 Å². The van der Waals surface area contributed by atoms with Gasteiger partial charge in [-0.2, -0.15) is 0 Å².